The predicted molar refractivity (Wildman–Crippen MR) is 97.3 cm³/mol. The maximum absolute atomic E-state index is 13.5. The van der Waals surface area contributed by atoms with Crippen molar-refractivity contribution in [2.24, 2.45) is 5.10 Å². The lowest BCUT2D eigenvalue weighted by atomic mass is 10.1. The number of nitro benzene ring substituents is 1. The van der Waals surface area contributed by atoms with E-state index in [1.54, 1.807) is 12.1 Å². The topological polar surface area (TPSA) is 97.7 Å². The predicted octanol–water partition coefficient (Wildman–Crippen LogP) is 4.41. The molecule has 1 N–H and O–H groups in total. The summed E-state index contributed by atoms with van der Waals surface area (Å²) in [6.45, 7) is 0. The van der Waals surface area contributed by atoms with Gasteiger partial charge in [-0.2, -0.15) is 5.10 Å². The van der Waals surface area contributed by atoms with E-state index in [-0.39, 0.29) is 22.0 Å². The van der Waals surface area contributed by atoms with Crippen molar-refractivity contribution in [2.45, 2.75) is 0 Å². The van der Waals surface area contributed by atoms with Crippen LogP contribution < -0.4 is 5.43 Å². The number of hydrazone groups is 1. The molecule has 2 aromatic carbocycles. The zero-order valence-corrected chi connectivity index (χ0v) is 14.3. The Hall–Kier alpha value is -3.52. The van der Waals surface area contributed by atoms with E-state index in [0.717, 1.165) is 0 Å². The van der Waals surface area contributed by atoms with Crippen molar-refractivity contribution >= 4 is 29.4 Å². The number of nitrogens with zero attached hydrogens (tertiary/aromatic N) is 2. The minimum Gasteiger partial charge on any atom is -0.455 e. The molecule has 0 saturated carbocycles. The lowest BCUT2D eigenvalue weighted by Crippen LogP contribution is -2.18. The van der Waals surface area contributed by atoms with Crippen LogP contribution in [0, 0.1) is 15.9 Å². The first-order valence-corrected chi connectivity index (χ1v) is 7.95. The van der Waals surface area contributed by atoms with E-state index in [9.17, 15) is 19.3 Å². The molecule has 0 radical (unpaired) electrons. The van der Waals surface area contributed by atoms with Gasteiger partial charge in [0.25, 0.3) is 11.6 Å². The van der Waals surface area contributed by atoms with Crippen molar-refractivity contribution in [3.63, 3.8) is 0 Å². The molecule has 0 saturated heterocycles. The normalized spacial score (nSPS) is 10.9. The smallest absolute Gasteiger partial charge is 0.274 e. The summed E-state index contributed by atoms with van der Waals surface area (Å²) in [6, 6.07) is 12.6. The van der Waals surface area contributed by atoms with Crippen LogP contribution >= 0.6 is 11.6 Å². The molecule has 1 heterocycles. The van der Waals surface area contributed by atoms with Gasteiger partial charge in [-0.3, -0.25) is 14.9 Å². The standard InChI is InChI=1S/C18H11ClFN3O4/c19-15-7-5-11(23(25)26)9-14(15)17-8-6-12(27-17)10-21-22-18(24)13-3-1-2-4-16(13)20/h1-10H,(H,22,24). The summed E-state index contributed by atoms with van der Waals surface area (Å²) in [5.74, 6) is -0.810. The van der Waals surface area contributed by atoms with Gasteiger partial charge in [0.1, 0.15) is 17.3 Å². The van der Waals surface area contributed by atoms with Gasteiger partial charge in [-0.25, -0.2) is 9.82 Å². The zero-order valence-electron chi connectivity index (χ0n) is 13.6. The molecule has 1 amide bonds. The van der Waals surface area contributed by atoms with Crippen LogP contribution in [-0.4, -0.2) is 17.0 Å². The number of furan rings is 1. The van der Waals surface area contributed by atoms with Crippen LogP contribution in [-0.2, 0) is 0 Å². The number of amides is 1. The number of hydrogen-bond acceptors (Lipinski definition) is 5. The maximum atomic E-state index is 13.5. The monoisotopic (exact) mass is 387 g/mol. The fraction of sp³-hybridized carbons (Fsp3) is 0. The quantitative estimate of drug-likeness (QED) is 0.398. The lowest BCUT2D eigenvalue weighted by molar-refractivity contribution is -0.384. The molecule has 0 aliphatic heterocycles. The zero-order chi connectivity index (χ0) is 19.4. The number of benzene rings is 2. The van der Waals surface area contributed by atoms with Gasteiger partial charge in [-0.1, -0.05) is 23.7 Å². The SMILES string of the molecule is O=C(NN=Cc1ccc(-c2cc([N+](=O)[O-])ccc2Cl)o1)c1ccccc1F. The Labute approximate surface area is 157 Å². The van der Waals surface area contributed by atoms with Crippen molar-refractivity contribution in [1.29, 1.82) is 0 Å². The van der Waals surface area contributed by atoms with Crippen LogP contribution in [0.1, 0.15) is 16.1 Å². The van der Waals surface area contributed by atoms with Gasteiger partial charge in [0.2, 0.25) is 0 Å². The number of carbonyl (C=O) groups excluding carboxylic acids is 1. The van der Waals surface area contributed by atoms with Crippen LogP contribution in [0.3, 0.4) is 0 Å². The lowest BCUT2D eigenvalue weighted by Gasteiger charge is -2.01. The molecule has 0 aliphatic carbocycles. The van der Waals surface area contributed by atoms with E-state index in [2.05, 4.69) is 10.5 Å². The fourth-order valence-corrected chi connectivity index (χ4v) is 2.45. The summed E-state index contributed by atoms with van der Waals surface area (Å²) in [6.07, 6.45) is 1.22. The number of nitro groups is 1. The van der Waals surface area contributed by atoms with E-state index >= 15 is 0 Å². The summed E-state index contributed by atoms with van der Waals surface area (Å²) in [5, 5.41) is 14.9. The van der Waals surface area contributed by atoms with Crippen LogP contribution in [0.5, 0.6) is 0 Å². The molecule has 3 aromatic rings. The van der Waals surface area contributed by atoms with E-state index in [1.165, 1.54) is 48.7 Å². The molecule has 0 bridgehead atoms. The van der Waals surface area contributed by atoms with Crippen molar-refractivity contribution in [1.82, 2.24) is 5.43 Å². The Bertz CT molecular complexity index is 1050. The Balaban J connectivity index is 1.74. The van der Waals surface area contributed by atoms with Gasteiger partial charge >= 0.3 is 0 Å². The van der Waals surface area contributed by atoms with E-state index in [0.29, 0.717) is 11.3 Å². The molecule has 7 nitrogen and oxygen atoms in total. The van der Waals surface area contributed by atoms with Gasteiger partial charge in [0.05, 0.1) is 21.7 Å². The summed E-state index contributed by atoms with van der Waals surface area (Å²) < 4.78 is 19.0. The van der Waals surface area contributed by atoms with Crippen molar-refractivity contribution in [3.05, 3.63) is 86.9 Å². The highest BCUT2D eigenvalue weighted by atomic mass is 35.5. The van der Waals surface area contributed by atoms with Crippen molar-refractivity contribution in [2.75, 3.05) is 0 Å². The van der Waals surface area contributed by atoms with Crippen LogP contribution in [0.2, 0.25) is 5.02 Å². The highest BCUT2D eigenvalue weighted by Gasteiger charge is 2.14. The maximum Gasteiger partial charge on any atom is 0.274 e. The molecule has 9 heteroatoms. The molecule has 1 aromatic heterocycles. The average Bonchev–Trinajstić information content (AvgIpc) is 3.10. The minimum atomic E-state index is -0.710. The van der Waals surface area contributed by atoms with Gasteiger partial charge < -0.3 is 4.42 Å². The van der Waals surface area contributed by atoms with E-state index in [1.807, 2.05) is 0 Å². The third kappa shape index (κ3) is 4.18. The summed E-state index contributed by atoms with van der Waals surface area (Å²) >= 11 is 6.06. The van der Waals surface area contributed by atoms with E-state index in [4.69, 9.17) is 16.0 Å². The molecule has 0 spiro atoms. The molecular formula is C18H11ClFN3O4. The van der Waals surface area contributed by atoms with Crippen LogP contribution in [0.4, 0.5) is 10.1 Å². The number of carbonyl (C=O) groups is 1. The third-order valence-corrected chi connectivity index (χ3v) is 3.86. The Morgan fingerprint density at radius 2 is 2.00 bits per heavy atom. The molecule has 0 aliphatic rings. The molecule has 0 fully saturated rings. The number of non-ortho nitro benzene ring substituents is 1. The molecule has 136 valence electrons. The number of nitrogens with one attached hydrogen (secondary N) is 1. The van der Waals surface area contributed by atoms with Crippen LogP contribution in [0.25, 0.3) is 11.3 Å². The number of rotatable bonds is 5. The molecular weight excluding hydrogens is 377 g/mol. The first-order valence-electron chi connectivity index (χ1n) is 7.58. The molecule has 27 heavy (non-hydrogen) atoms. The second-order valence-electron chi connectivity index (χ2n) is 5.30. The molecule has 0 atom stereocenters. The summed E-state index contributed by atoms with van der Waals surface area (Å²) in [4.78, 5) is 22.2. The van der Waals surface area contributed by atoms with Gasteiger partial charge in [-0.05, 0) is 30.3 Å². The van der Waals surface area contributed by atoms with Crippen molar-refractivity contribution in [3.8, 4) is 11.3 Å². The fourth-order valence-electron chi connectivity index (χ4n) is 2.24. The van der Waals surface area contributed by atoms with Crippen LogP contribution in [0.15, 0.2) is 64.1 Å². The van der Waals surface area contributed by atoms with Gasteiger partial charge in [0.15, 0.2) is 0 Å². The average molecular weight is 388 g/mol. The van der Waals surface area contributed by atoms with E-state index < -0.39 is 16.6 Å². The summed E-state index contributed by atoms with van der Waals surface area (Å²) in [5.41, 5.74) is 2.27. The minimum absolute atomic E-state index is 0.127. The number of halogens is 2. The van der Waals surface area contributed by atoms with Crippen molar-refractivity contribution < 1.29 is 18.5 Å². The molecule has 0 unspecified atom stereocenters. The Morgan fingerprint density at radius 1 is 1.22 bits per heavy atom. The van der Waals surface area contributed by atoms with Gasteiger partial charge in [0, 0.05) is 17.7 Å². The highest BCUT2D eigenvalue weighted by Crippen LogP contribution is 2.32. The first-order chi connectivity index (χ1) is 13.0. The summed E-state index contributed by atoms with van der Waals surface area (Å²) in [7, 11) is 0. The second-order valence-corrected chi connectivity index (χ2v) is 5.71. The van der Waals surface area contributed by atoms with Gasteiger partial charge in [-0.15, -0.1) is 0 Å². The number of hydrogen-bond donors (Lipinski definition) is 1. The second kappa shape index (κ2) is 7.79. The Kier molecular flexibility index (Phi) is 5.28. The largest absolute Gasteiger partial charge is 0.455 e. The third-order valence-electron chi connectivity index (χ3n) is 3.53. The first kappa shape index (κ1) is 18.3. The Morgan fingerprint density at radius 3 is 2.74 bits per heavy atom. The highest BCUT2D eigenvalue weighted by molar-refractivity contribution is 6.33. The molecule has 3 rings (SSSR count).